The van der Waals surface area contributed by atoms with Crippen LogP contribution in [0.25, 0.3) is 11.5 Å². The van der Waals surface area contributed by atoms with Gasteiger partial charge in [0.2, 0.25) is 12.7 Å². The fourth-order valence-electron chi connectivity index (χ4n) is 4.68. The summed E-state index contributed by atoms with van der Waals surface area (Å²) in [5.41, 5.74) is 3.37. The number of rotatable bonds is 8. The van der Waals surface area contributed by atoms with E-state index < -0.39 is 5.97 Å². The van der Waals surface area contributed by atoms with Crippen LogP contribution in [0.4, 0.5) is 0 Å². The summed E-state index contributed by atoms with van der Waals surface area (Å²) in [5.74, 6) is 1.73. The zero-order chi connectivity index (χ0) is 24.4. The van der Waals surface area contributed by atoms with Gasteiger partial charge in [-0.3, -0.25) is 0 Å². The Bertz CT molecular complexity index is 1220. The molecule has 0 bridgehead atoms. The molecule has 5 rings (SSSR count). The van der Waals surface area contributed by atoms with Gasteiger partial charge in [-0.15, -0.1) is 0 Å². The van der Waals surface area contributed by atoms with E-state index in [1.807, 2.05) is 37.3 Å². The Balaban J connectivity index is 1.17. The highest BCUT2D eigenvalue weighted by molar-refractivity contribution is 5.91. The Kier molecular flexibility index (Phi) is 6.74. The number of oxazole rings is 1. The lowest BCUT2D eigenvalue weighted by molar-refractivity contribution is -0.0564. The molecule has 2 aliphatic rings. The van der Waals surface area contributed by atoms with Crippen molar-refractivity contribution in [2.75, 3.05) is 6.79 Å². The van der Waals surface area contributed by atoms with E-state index in [4.69, 9.17) is 23.4 Å². The third kappa shape index (κ3) is 5.18. The molecule has 3 aromatic rings. The highest BCUT2D eigenvalue weighted by Crippen LogP contribution is 2.36. The van der Waals surface area contributed by atoms with Crippen LogP contribution in [0.3, 0.4) is 0 Å². The van der Waals surface area contributed by atoms with Gasteiger partial charge in [0.1, 0.15) is 11.5 Å². The molecule has 1 unspecified atom stereocenters. The van der Waals surface area contributed by atoms with E-state index in [-0.39, 0.29) is 25.6 Å². The van der Waals surface area contributed by atoms with Gasteiger partial charge in [0, 0.05) is 5.56 Å². The van der Waals surface area contributed by atoms with Crippen LogP contribution in [0.1, 0.15) is 58.6 Å². The lowest BCUT2D eigenvalue weighted by Crippen LogP contribution is -2.28. The second kappa shape index (κ2) is 10.1. The van der Waals surface area contributed by atoms with E-state index in [9.17, 15) is 9.90 Å². The van der Waals surface area contributed by atoms with Crippen molar-refractivity contribution in [3.8, 4) is 23.0 Å². The number of fused-ring (bicyclic) bond motifs is 1. The Hall–Kier alpha value is -3.36. The van der Waals surface area contributed by atoms with Crippen LogP contribution in [-0.2, 0) is 22.7 Å². The minimum atomic E-state index is -0.922. The second-order valence-corrected chi connectivity index (χ2v) is 9.04. The maximum absolute atomic E-state index is 11.6. The number of aromatic carboxylic acids is 1. The first-order valence-corrected chi connectivity index (χ1v) is 11.9. The van der Waals surface area contributed by atoms with Gasteiger partial charge >= 0.3 is 5.97 Å². The Labute approximate surface area is 203 Å². The van der Waals surface area contributed by atoms with Crippen molar-refractivity contribution < 1.29 is 33.3 Å². The maximum Gasteiger partial charge on any atom is 0.336 e. The van der Waals surface area contributed by atoms with Crippen LogP contribution >= 0.6 is 0 Å². The predicted octanol–water partition coefficient (Wildman–Crippen LogP) is 5.43. The molecule has 0 radical (unpaired) electrons. The second-order valence-electron chi connectivity index (χ2n) is 9.04. The molecular formula is C27H29NO7. The van der Waals surface area contributed by atoms with Gasteiger partial charge < -0.3 is 28.5 Å². The van der Waals surface area contributed by atoms with Crippen molar-refractivity contribution in [1.82, 2.24) is 4.98 Å². The molecule has 0 amide bonds. The number of carboxylic acid groups (broad SMARTS) is 1. The van der Waals surface area contributed by atoms with Crippen LogP contribution in [0.15, 0.2) is 40.8 Å². The van der Waals surface area contributed by atoms with Crippen LogP contribution < -0.4 is 9.47 Å². The van der Waals surface area contributed by atoms with Crippen LogP contribution in [0.2, 0.25) is 0 Å². The molecule has 8 nitrogen and oxygen atoms in total. The number of nitrogens with zero attached hydrogens (tertiary/aromatic N) is 1. The SMILES string of the molecule is Cc1cccc(COC2CCC[C@H](OCc3nc(-c4ccc5c(c4)OCO5)oc3C)C2)c1C(=O)O. The smallest absolute Gasteiger partial charge is 0.336 e. The monoisotopic (exact) mass is 479 g/mol. The molecule has 1 aliphatic carbocycles. The molecular weight excluding hydrogens is 450 g/mol. The van der Waals surface area contributed by atoms with Gasteiger partial charge in [0.25, 0.3) is 0 Å². The molecule has 1 saturated carbocycles. The van der Waals surface area contributed by atoms with Crippen molar-refractivity contribution in [3.63, 3.8) is 0 Å². The molecule has 184 valence electrons. The highest BCUT2D eigenvalue weighted by Gasteiger charge is 2.25. The molecule has 2 atom stereocenters. The molecule has 0 saturated heterocycles. The van der Waals surface area contributed by atoms with Gasteiger partial charge in [-0.05, 0) is 68.9 Å². The summed E-state index contributed by atoms with van der Waals surface area (Å²) >= 11 is 0. The van der Waals surface area contributed by atoms with E-state index in [0.29, 0.717) is 29.4 Å². The fourth-order valence-corrected chi connectivity index (χ4v) is 4.68. The van der Waals surface area contributed by atoms with Gasteiger partial charge in [0.15, 0.2) is 11.5 Å². The normalized spacial score (nSPS) is 19.1. The van der Waals surface area contributed by atoms with Crippen molar-refractivity contribution in [2.24, 2.45) is 0 Å². The van der Waals surface area contributed by atoms with E-state index >= 15 is 0 Å². The van der Waals surface area contributed by atoms with E-state index in [2.05, 4.69) is 4.98 Å². The summed E-state index contributed by atoms with van der Waals surface area (Å²) in [6, 6.07) is 11.1. The van der Waals surface area contributed by atoms with Crippen molar-refractivity contribution in [3.05, 3.63) is 64.5 Å². The first-order chi connectivity index (χ1) is 17.0. The lowest BCUT2D eigenvalue weighted by Gasteiger charge is -2.29. The topological polar surface area (TPSA) is 100 Å². The summed E-state index contributed by atoms with van der Waals surface area (Å²) in [6.45, 7) is 4.55. The number of aryl methyl sites for hydroxylation is 2. The zero-order valence-electron chi connectivity index (χ0n) is 19.9. The largest absolute Gasteiger partial charge is 0.478 e. The lowest BCUT2D eigenvalue weighted by atomic mass is 9.94. The minimum Gasteiger partial charge on any atom is -0.478 e. The van der Waals surface area contributed by atoms with Crippen molar-refractivity contribution >= 4 is 5.97 Å². The number of hydrogen-bond donors (Lipinski definition) is 1. The first kappa shape index (κ1) is 23.4. The molecule has 35 heavy (non-hydrogen) atoms. The average Bonchev–Trinajstić information content (AvgIpc) is 3.47. The summed E-state index contributed by atoms with van der Waals surface area (Å²) in [4.78, 5) is 16.3. The molecule has 1 N–H and O–H groups in total. The molecule has 0 spiro atoms. The van der Waals surface area contributed by atoms with Crippen molar-refractivity contribution in [2.45, 2.75) is 65.0 Å². The quantitative estimate of drug-likeness (QED) is 0.457. The Morgan fingerprint density at radius 2 is 1.83 bits per heavy atom. The van der Waals surface area contributed by atoms with Crippen molar-refractivity contribution in [1.29, 1.82) is 0 Å². The number of carboxylic acids is 1. The Morgan fingerprint density at radius 1 is 1.06 bits per heavy atom. The van der Waals surface area contributed by atoms with Crippen LogP contribution in [0.5, 0.6) is 11.5 Å². The van der Waals surface area contributed by atoms with Gasteiger partial charge in [0.05, 0.1) is 31.0 Å². The summed E-state index contributed by atoms with van der Waals surface area (Å²) < 4.78 is 29.0. The van der Waals surface area contributed by atoms with E-state index in [0.717, 1.165) is 54.0 Å². The number of carbonyl (C=O) groups is 1. The third-order valence-electron chi connectivity index (χ3n) is 6.59. The van der Waals surface area contributed by atoms with Gasteiger partial charge in [-0.25, -0.2) is 9.78 Å². The number of ether oxygens (including phenoxy) is 4. The number of benzene rings is 2. The third-order valence-corrected chi connectivity index (χ3v) is 6.59. The standard InChI is InChI=1S/C27H29NO7/c1-16-5-3-6-19(25(16)27(29)30)13-31-20-7-4-8-21(12-20)32-14-22-17(2)35-26(28-22)18-9-10-23-24(11-18)34-15-33-23/h3,5-6,9-11,20-21H,4,7-8,12-15H2,1-2H3,(H,29,30)/t20?,21-/m0/s1. The highest BCUT2D eigenvalue weighted by atomic mass is 16.7. The van der Waals surface area contributed by atoms with Gasteiger partial charge in [-0.1, -0.05) is 18.2 Å². The molecule has 2 heterocycles. The summed E-state index contributed by atoms with van der Waals surface area (Å²) in [5, 5.41) is 9.54. The first-order valence-electron chi connectivity index (χ1n) is 11.9. The Morgan fingerprint density at radius 3 is 2.63 bits per heavy atom. The average molecular weight is 480 g/mol. The minimum absolute atomic E-state index is 0.0264. The zero-order valence-corrected chi connectivity index (χ0v) is 19.9. The van der Waals surface area contributed by atoms with E-state index in [1.165, 1.54) is 0 Å². The molecule has 1 aliphatic heterocycles. The molecule has 2 aromatic carbocycles. The maximum atomic E-state index is 11.6. The van der Waals surface area contributed by atoms with Crippen LogP contribution in [-0.4, -0.2) is 35.1 Å². The van der Waals surface area contributed by atoms with Gasteiger partial charge in [-0.2, -0.15) is 0 Å². The molecule has 8 heteroatoms. The summed E-state index contributed by atoms with van der Waals surface area (Å²) in [6.07, 6.45) is 3.73. The molecule has 1 aromatic heterocycles. The van der Waals surface area contributed by atoms with Crippen LogP contribution in [0, 0.1) is 13.8 Å². The molecule has 1 fully saturated rings. The number of aromatic nitrogens is 1. The van der Waals surface area contributed by atoms with E-state index in [1.54, 1.807) is 13.0 Å². The summed E-state index contributed by atoms with van der Waals surface area (Å²) in [7, 11) is 0. The fraction of sp³-hybridized carbons (Fsp3) is 0.407. The number of hydrogen-bond acceptors (Lipinski definition) is 7. The predicted molar refractivity (Wildman–Crippen MR) is 127 cm³/mol.